The zero-order valence-corrected chi connectivity index (χ0v) is 15.2. The lowest BCUT2D eigenvalue weighted by molar-refractivity contribution is -0.136. The normalized spacial score (nSPS) is 23.2. The Morgan fingerprint density at radius 2 is 1.76 bits per heavy atom. The van der Waals surface area contributed by atoms with Crippen LogP contribution in [0.2, 0.25) is 0 Å². The SMILES string of the molecule is O=C(C1CCCN(S(=O)(=O)c2cccc(F)c2)C1)N1CCCCCC1. The van der Waals surface area contributed by atoms with Crippen molar-refractivity contribution in [3.63, 3.8) is 0 Å². The number of halogens is 1. The van der Waals surface area contributed by atoms with Crippen LogP contribution >= 0.6 is 0 Å². The molecular weight excluding hydrogens is 343 g/mol. The molecule has 1 amide bonds. The zero-order chi connectivity index (χ0) is 17.9. The van der Waals surface area contributed by atoms with Gasteiger partial charge in [0.15, 0.2) is 0 Å². The highest BCUT2D eigenvalue weighted by Gasteiger charge is 2.35. The van der Waals surface area contributed by atoms with Crippen LogP contribution in [0.3, 0.4) is 0 Å². The van der Waals surface area contributed by atoms with Gasteiger partial charge in [-0.15, -0.1) is 0 Å². The zero-order valence-electron chi connectivity index (χ0n) is 14.4. The van der Waals surface area contributed by atoms with Crippen LogP contribution in [0.15, 0.2) is 29.2 Å². The molecule has 5 nitrogen and oxygen atoms in total. The Bertz CT molecular complexity index is 715. The number of benzene rings is 1. The Balaban J connectivity index is 1.73. The second-order valence-electron chi connectivity index (χ2n) is 6.90. The number of piperidine rings is 1. The van der Waals surface area contributed by atoms with Gasteiger partial charge in [0.1, 0.15) is 5.82 Å². The molecule has 2 heterocycles. The summed E-state index contributed by atoms with van der Waals surface area (Å²) in [7, 11) is -3.77. The first-order valence-electron chi connectivity index (χ1n) is 9.03. The molecule has 25 heavy (non-hydrogen) atoms. The molecule has 138 valence electrons. The molecule has 0 bridgehead atoms. The first kappa shape index (κ1) is 18.3. The molecule has 0 aliphatic carbocycles. The highest BCUT2D eigenvalue weighted by atomic mass is 32.2. The van der Waals surface area contributed by atoms with Crippen molar-refractivity contribution in [2.45, 2.75) is 43.4 Å². The lowest BCUT2D eigenvalue weighted by Gasteiger charge is -2.34. The van der Waals surface area contributed by atoms with Crippen LogP contribution in [0.4, 0.5) is 4.39 Å². The summed E-state index contributed by atoms with van der Waals surface area (Å²) < 4.78 is 40.3. The van der Waals surface area contributed by atoms with E-state index in [2.05, 4.69) is 0 Å². The number of carbonyl (C=O) groups excluding carboxylic acids is 1. The van der Waals surface area contributed by atoms with Gasteiger partial charge in [0.2, 0.25) is 15.9 Å². The highest BCUT2D eigenvalue weighted by Crippen LogP contribution is 2.26. The van der Waals surface area contributed by atoms with E-state index in [1.807, 2.05) is 4.90 Å². The molecule has 2 fully saturated rings. The Labute approximate surface area is 148 Å². The van der Waals surface area contributed by atoms with Gasteiger partial charge in [-0.25, -0.2) is 12.8 Å². The van der Waals surface area contributed by atoms with Crippen LogP contribution in [0.5, 0.6) is 0 Å². The molecule has 3 rings (SSSR count). The second kappa shape index (κ2) is 7.83. The minimum atomic E-state index is -3.77. The third-order valence-electron chi connectivity index (χ3n) is 5.08. The first-order valence-corrected chi connectivity index (χ1v) is 10.5. The monoisotopic (exact) mass is 368 g/mol. The van der Waals surface area contributed by atoms with Crippen LogP contribution in [-0.2, 0) is 14.8 Å². The fourth-order valence-corrected chi connectivity index (χ4v) is 5.24. The molecule has 0 radical (unpaired) electrons. The quantitative estimate of drug-likeness (QED) is 0.824. The molecule has 2 aliphatic rings. The van der Waals surface area contributed by atoms with Crippen LogP contribution < -0.4 is 0 Å². The van der Waals surface area contributed by atoms with E-state index in [1.54, 1.807) is 0 Å². The fraction of sp³-hybridized carbons (Fsp3) is 0.611. The highest BCUT2D eigenvalue weighted by molar-refractivity contribution is 7.89. The molecule has 0 aromatic heterocycles. The molecule has 1 aromatic carbocycles. The molecule has 0 N–H and O–H groups in total. The van der Waals surface area contributed by atoms with Gasteiger partial charge in [-0.3, -0.25) is 4.79 Å². The van der Waals surface area contributed by atoms with E-state index in [0.717, 1.165) is 44.8 Å². The van der Waals surface area contributed by atoms with E-state index >= 15 is 0 Å². The summed E-state index contributed by atoms with van der Waals surface area (Å²) in [5.41, 5.74) is 0. The standard InChI is InChI=1S/C18H25FN2O3S/c19-16-8-5-9-17(13-16)25(23,24)21-12-6-7-15(14-21)18(22)20-10-3-1-2-4-11-20/h5,8-9,13,15H,1-4,6-7,10-12,14H2. The Kier molecular flexibility index (Phi) is 5.74. The predicted octanol–water partition coefficient (Wildman–Crippen LogP) is 2.63. The van der Waals surface area contributed by atoms with Crippen molar-refractivity contribution in [2.75, 3.05) is 26.2 Å². The summed E-state index contributed by atoms with van der Waals surface area (Å²) in [6.45, 7) is 2.11. The average Bonchev–Trinajstić information content (AvgIpc) is 2.90. The second-order valence-corrected chi connectivity index (χ2v) is 8.84. The Morgan fingerprint density at radius 3 is 2.44 bits per heavy atom. The van der Waals surface area contributed by atoms with Crippen LogP contribution in [0.1, 0.15) is 38.5 Å². The lowest BCUT2D eigenvalue weighted by atomic mass is 9.98. The van der Waals surface area contributed by atoms with Crippen molar-refractivity contribution in [3.8, 4) is 0 Å². The number of hydrogen-bond donors (Lipinski definition) is 0. The molecule has 7 heteroatoms. The minimum Gasteiger partial charge on any atom is -0.342 e. The summed E-state index contributed by atoms with van der Waals surface area (Å²) in [4.78, 5) is 14.7. The molecule has 0 saturated carbocycles. The Morgan fingerprint density at radius 1 is 1.04 bits per heavy atom. The maximum Gasteiger partial charge on any atom is 0.243 e. The molecular formula is C18H25FN2O3S. The van der Waals surface area contributed by atoms with Gasteiger partial charge in [0.25, 0.3) is 0 Å². The van der Waals surface area contributed by atoms with Gasteiger partial charge >= 0.3 is 0 Å². The van der Waals surface area contributed by atoms with E-state index in [0.29, 0.717) is 19.4 Å². The van der Waals surface area contributed by atoms with E-state index in [9.17, 15) is 17.6 Å². The maximum atomic E-state index is 13.4. The smallest absolute Gasteiger partial charge is 0.243 e. The molecule has 1 unspecified atom stereocenters. The molecule has 1 aromatic rings. The third kappa shape index (κ3) is 4.20. The first-order chi connectivity index (χ1) is 12.0. The fourth-order valence-electron chi connectivity index (χ4n) is 3.69. The van der Waals surface area contributed by atoms with Gasteiger partial charge in [-0.05, 0) is 43.9 Å². The summed E-state index contributed by atoms with van der Waals surface area (Å²) in [6, 6.07) is 5.06. The molecule has 1 atom stereocenters. The molecule has 2 aliphatic heterocycles. The van der Waals surface area contributed by atoms with Crippen molar-refractivity contribution in [1.29, 1.82) is 0 Å². The van der Waals surface area contributed by atoms with E-state index < -0.39 is 15.8 Å². The number of nitrogens with zero attached hydrogens (tertiary/aromatic N) is 2. The topological polar surface area (TPSA) is 57.7 Å². The lowest BCUT2D eigenvalue weighted by Crippen LogP contribution is -2.47. The average molecular weight is 368 g/mol. The minimum absolute atomic E-state index is 0.0460. The number of sulfonamides is 1. The number of rotatable bonds is 3. The maximum absolute atomic E-state index is 13.4. The van der Waals surface area contributed by atoms with Gasteiger partial charge in [-0.1, -0.05) is 18.9 Å². The summed E-state index contributed by atoms with van der Waals surface area (Å²) in [5, 5.41) is 0. The van der Waals surface area contributed by atoms with Crippen molar-refractivity contribution < 1.29 is 17.6 Å². The summed E-state index contributed by atoms with van der Waals surface area (Å²) in [5.74, 6) is -0.800. The van der Waals surface area contributed by atoms with Crippen molar-refractivity contribution in [2.24, 2.45) is 5.92 Å². The number of carbonyl (C=O) groups is 1. The van der Waals surface area contributed by atoms with Crippen LogP contribution in [-0.4, -0.2) is 49.7 Å². The number of hydrogen-bond acceptors (Lipinski definition) is 3. The molecule has 2 saturated heterocycles. The predicted molar refractivity (Wildman–Crippen MR) is 92.9 cm³/mol. The van der Waals surface area contributed by atoms with Crippen LogP contribution in [0, 0.1) is 11.7 Å². The van der Waals surface area contributed by atoms with Crippen molar-refractivity contribution >= 4 is 15.9 Å². The van der Waals surface area contributed by atoms with E-state index in [4.69, 9.17) is 0 Å². The number of likely N-dealkylation sites (tertiary alicyclic amines) is 1. The Hall–Kier alpha value is -1.47. The van der Waals surface area contributed by atoms with E-state index in [1.165, 1.54) is 22.5 Å². The summed E-state index contributed by atoms with van der Waals surface area (Å²) in [6.07, 6.45) is 5.69. The largest absolute Gasteiger partial charge is 0.342 e. The third-order valence-corrected chi connectivity index (χ3v) is 6.95. The summed E-state index contributed by atoms with van der Waals surface area (Å²) >= 11 is 0. The number of amides is 1. The van der Waals surface area contributed by atoms with Gasteiger partial charge < -0.3 is 4.90 Å². The van der Waals surface area contributed by atoms with Gasteiger partial charge in [-0.2, -0.15) is 4.31 Å². The van der Waals surface area contributed by atoms with Crippen molar-refractivity contribution in [3.05, 3.63) is 30.1 Å². The van der Waals surface area contributed by atoms with Crippen LogP contribution in [0.25, 0.3) is 0 Å². The van der Waals surface area contributed by atoms with Gasteiger partial charge in [0, 0.05) is 26.2 Å². The molecule has 0 spiro atoms. The van der Waals surface area contributed by atoms with Gasteiger partial charge in [0.05, 0.1) is 10.8 Å². The van der Waals surface area contributed by atoms with Crippen molar-refractivity contribution in [1.82, 2.24) is 9.21 Å². The van der Waals surface area contributed by atoms with E-state index in [-0.39, 0.29) is 23.3 Å².